The summed E-state index contributed by atoms with van der Waals surface area (Å²) in [4.78, 5) is 19.7. The minimum atomic E-state index is -0.414. The molecule has 2 aromatic rings. The number of carbonyl (C=O) groups is 1. The van der Waals surface area contributed by atoms with Crippen LogP contribution in [0.1, 0.15) is 42.6 Å². The number of halogens is 2. The Balaban J connectivity index is 1.47. The summed E-state index contributed by atoms with van der Waals surface area (Å²) in [6.07, 6.45) is 3.01. The monoisotopic (exact) mass is 472 g/mol. The molecule has 1 aromatic heterocycles. The van der Waals surface area contributed by atoms with Crippen molar-refractivity contribution < 1.29 is 18.7 Å². The van der Waals surface area contributed by atoms with E-state index < -0.39 is 5.82 Å². The van der Waals surface area contributed by atoms with E-state index in [0.717, 1.165) is 51.3 Å². The predicted octanol–water partition coefficient (Wildman–Crippen LogP) is 4.31. The summed E-state index contributed by atoms with van der Waals surface area (Å²) >= 11 is 6.82. The number of ether oxygens (including phenoxy) is 2. The molecule has 0 bridgehead atoms. The Labute approximate surface area is 196 Å². The van der Waals surface area contributed by atoms with Crippen molar-refractivity contribution in [1.82, 2.24) is 9.88 Å². The van der Waals surface area contributed by atoms with Gasteiger partial charge >= 0.3 is 0 Å². The molecule has 0 saturated carbocycles. The molecular formula is C24H26ClFN4O3. The molecule has 9 heteroatoms. The zero-order chi connectivity index (χ0) is 22.9. The van der Waals surface area contributed by atoms with Gasteiger partial charge in [0.05, 0.1) is 23.8 Å². The van der Waals surface area contributed by atoms with Crippen LogP contribution >= 0.6 is 11.6 Å². The summed E-state index contributed by atoms with van der Waals surface area (Å²) in [6, 6.07) is 4.23. The molecule has 1 amide bonds. The first-order valence-electron chi connectivity index (χ1n) is 11.3. The summed E-state index contributed by atoms with van der Waals surface area (Å²) < 4.78 is 25.6. The fraction of sp³-hybridized carbons (Fsp3) is 0.417. The van der Waals surface area contributed by atoms with Crippen molar-refractivity contribution >= 4 is 40.3 Å². The number of amides is 1. The third kappa shape index (κ3) is 4.18. The highest BCUT2D eigenvalue weighted by atomic mass is 35.5. The van der Waals surface area contributed by atoms with E-state index in [0.29, 0.717) is 45.5 Å². The number of hydrogen-bond donors (Lipinski definition) is 2. The van der Waals surface area contributed by atoms with Gasteiger partial charge in [0.2, 0.25) is 0 Å². The molecule has 2 N–H and O–H groups in total. The number of anilines is 2. The van der Waals surface area contributed by atoms with Gasteiger partial charge in [0.1, 0.15) is 23.5 Å². The highest BCUT2D eigenvalue weighted by molar-refractivity contribution is 6.37. The van der Waals surface area contributed by atoms with Crippen LogP contribution in [0, 0.1) is 5.82 Å². The predicted molar refractivity (Wildman–Crippen MR) is 126 cm³/mol. The van der Waals surface area contributed by atoms with Crippen LogP contribution in [0.15, 0.2) is 24.4 Å². The maximum absolute atomic E-state index is 14.0. The Morgan fingerprint density at radius 2 is 2.12 bits per heavy atom. The van der Waals surface area contributed by atoms with Crippen LogP contribution in [0.25, 0.3) is 11.3 Å². The lowest BCUT2D eigenvalue weighted by atomic mass is 9.99. The number of pyridine rings is 1. The average Bonchev–Trinajstić information content (AvgIpc) is 3.32. The first-order chi connectivity index (χ1) is 16.1. The standard InChI is InChI=1S/C24H26ClFN4O3/c1-2-3-18-19-16(13-28-23(21(19)25)27-6-7-30-8-10-32-11-9-30)22(33-18)20-15-12-14(26)4-5-17(15)29-24(20)31/h4-5,12-13,18H,2-3,6-11H2,1H3,(H,27,28)(H,29,31)/b22-20+. The van der Waals surface area contributed by atoms with Crippen molar-refractivity contribution in [3.05, 3.63) is 51.9 Å². The van der Waals surface area contributed by atoms with Crippen molar-refractivity contribution in [2.75, 3.05) is 50.0 Å². The Kier molecular flexibility index (Phi) is 6.23. The van der Waals surface area contributed by atoms with Gasteiger partial charge in [-0.25, -0.2) is 9.37 Å². The van der Waals surface area contributed by atoms with Crippen molar-refractivity contribution in [3.8, 4) is 0 Å². The molecule has 1 atom stereocenters. The Bertz CT molecular complexity index is 1120. The Morgan fingerprint density at radius 3 is 2.91 bits per heavy atom. The van der Waals surface area contributed by atoms with E-state index in [1.807, 2.05) is 0 Å². The van der Waals surface area contributed by atoms with Crippen molar-refractivity contribution in [2.45, 2.75) is 25.9 Å². The van der Waals surface area contributed by atoms with E-state index in [1.54, 1.807) is 12.3 Å². The fourth-order valence-corrected chi connectivity index (χ4v) is 4.90. The lowest BCUT2D eigenvalue weighted by Crippen LogP contribution is -2.39. The second kappa shape index (κ2) is 9.29. The molecule has 3 aliphatic heterocycles. The minimum Gasteiger partial charge on any atom is -0.484 e. The zero-order valence-electron chi connectivity index (χ0n) is 18.4. The molecule has 0 spiro atoms. The van der Waals surface area contributed by atoms with Crippen LogP contribution in [0.2, 0.25) is 5.02 Å². The molecule has 1 saturated heterocycles. The number of fused-ring (bicyclic) bond motifs is 2. The van der Waals surface area contributed by atoms with Crippen molar-refractivity contribution in [2.24, 2.45) is 0 Å². The maximum Gasteiger partial charge on any atom is 0.260 e. The first-order valence-corrected chi connectivity index (χ1v) is 11.7. The van der Waals surface area contributed by atoms with Gasteiger partial charge in [-0.1, -0.05) is 24.9 Å². The van der Waals surface area contributed by atoms with Crippen molar-refractivity contribution in [1.29, 1.82) is 0 Å². The second-order valence-corrected chi connectivity index (χ2v) is 8.75. The van der Waals surface area contributed by atoms with Crippen LogP contribution in [-0.4, -0.2) is 55.2 Å². The molecule has 33 heavy (non-hydrogen) atoms. The summed E-state index contributed by atoms with van der Waals surface area (Å²) in [7, 11) is 0. The summed E-state index contributed by atoms with van der Waals surface area (Å²) in [5.74, 6) is 0.265. The first kappa shape index (κ1) is 22.1. The van der Waals surface area contributed by atoms with Gasteiger partial charge in [0.15, 0.2) is 0 Å². The van der Waals surface area contributed by atoms with Gasteiger partial charge in [0.25, 0.3) is 5.91 Å². The number of morpholine rings is 1. The number of benzene rings is 1. The maximum atomic E-state index is 14.0. The topological polar surface area (TPSA) is 75.7 Å². The summed E-state index contributed by atoms with van der Waals surface area (Å²) in [5.41, 5.74) is 2.87. The summed E-state index contributed by atoms with van der Waals surface area (Å²) in [5, 5.41) is 6.64. The third-order valence-corrected chi connectivity index (χ3v) is 6.59. The number of carbonyl (C=O) groups excluding carboxylic acids is 1. The molecule has 3 aliphatic rings. The van der Waals surface area contributed by atoms with Gasteiger partial charge in [0, 0.05) is 54.8 Å². The molecule has 1 aromatic carbocycles. The molecule has 174 valence electrons. The van der Waals surface area contributed by atoms with Gasteiger partial charge in [-0.3, -0.25) is 9.69 Å². The Morgan fingerprint density at radius 1 is 1.30 bits per heavy atom. The lowest BCUT2D eigenvalue weighted by molar-refractivity contribution is -0.110. The van der Waals surface area contributed by atoms with Gasteiger partial charge < -0.3 is 20.1 Å². The molecular weight excluding hydrogens is 447 g/mol. The normalized spacial score (nSPS) is 22.0. The Hall–Kier alpha value is -2.68. The molecule has 4 heterocycles. The van der Waals surface area contributed by atoms with Gasteiger partial charge in [-0.15, -0.1) is 0 Å². The van der Waals surface area contributed by atoms with Crippen LogP contribution in [-0.2, 0) is 14.3 Å². The average molecular weight is 473 g/mol. The number of aromatic nitrogens is 1. The molecule has 5 rings (SSSR count). The number of nitrogens with zero attached hydrogens (tertiary/aromatic N) is 2. The van der Waals surface area contributed by atoms with Crippen LogP contribution in [0.5, 0.6) is 0 Å². The molecule has 0 aliphatic carbocycles. The second-order valence-electron chi connectivity index (χ2n) is 8.37. The fourth-order valence-electron chi connectivity index (χ4n) is 4.57. The SMILES string of the molecule is CCCC1O/C(=C2/C(=O)Nc3ccc(F)cc32)c2cnc(NCCN3CCOCC3)c(Cl)c21. The number of rotatable bonds is 6. The minimum absolute atomic E-state index is 0.298. The van der Waals surface area contributed by atoms with E-state index in [4.69, 9.17) is 21.1 Å². The highest BCUT2D eigenvalue weighted by Gasteiger charge is 2.38. The molecule has 0 radical (unpaired) electrons. The molecule has 7 nitrogen and oxygen atoms in total. The lowest BCUT2D eigenvalue weighted by Gasteiger charge is -2.26. The van der Waals surface area contributed by atoms with E-state index in [2.05, 4.69) is 27.4 Å². The third-order valence-electron chi connectivity index (χ3n) is 6.21. The van der Waals surface area contributed by atoms with E-state index in [9.17, 15) is 9.18 Å². The highest BCUT2D eigenvalue weighted by Crippen LogP contribution is 2.50. The van der Waals surface area contributed by atoms with E-state index >= 15 is 0 Å². The van der Waals surface area contributed by atoms with Crippen LogP contribution in [0.3, 0.4) is 0 Å². The van der Waals surface area contributed by atoms with Gasteiger partial charge in [-0.05, 0) is 24.6 Å². The van der Waals surface area contributed by atoms with Crippen LogP contribution < -0.4 is 10.6 Å². The molecule has 1 unspecified atom stereocenters. The smallest absolute Gasteiger partial charge is 0.260 e. The van der Waals surface area contributed by atoms with Crippen molar-refractivity contribution in [3.63, 3.8) is 0 Å². The number of hydrogen-bond acceptors (Lipinski definition) is 6. The van der Waals surface area contributed by atoms with E-state index in [1.165, 1.54) is 12.1 Å². The summed E-state index contributed by atoms with van der Waals surface area (Å²) in [6.45, 7) is 6.98. The van der Waals surface area contributed by atoms with Crippen LogP contribution in [0.4, 0.5) is 15.9 Å². The van der Waals surface area contributed by atoms with Gasteiger partial charge in [-0.2, -0.15) is 0 Å². The largest absolute Gasteiger partial charge is 0.484 e. The quantitative estimate of drug-likeness (QED) is 0.610. The van der Waals surface area contributed by atoms with E-state index in [-0.39, 0.29) is 12.0 Å². The molecule has 1 fully saturated rings. The number of nitrogens with one attached hydrogen (secondary N) is 2. The zero-order valence-corrected chi connectivity index (χ0v) is 19.2.